The molecule has 2 aromatic rings. The van der Waals surface area contributed by atoms with E-state index in [4.69, 9.17) is 0 Å². The molecule has 0 radical (unpaired) electrons. The van der Waals surface area contributed by atoms with Gasteiger partial charge in [-0.15, -0.1) is 0 Å². The molecule has 0 aliphatic heterocycles. The normalized spacial score (nSPS) is 11.8. The Balaban J connectivity index is 2.49. The van der Waals surface area contributed by atoms with E-state index in [0.717, 1.165) is 0 Å². The lowest BCUT2D eigenvalue weighted by Crippen LogP contribution is -2.29. The summed E-state index contributed by atoms with van der Waals surface area (Å²) in [7, 11) is 3.48. The second kappa shape index (κ2) is 7.04. The van der Waals surface area contributed by atoms with Gasteiger partial charge in [-0.3, -0.25) is 0 Å². The van der Waals surface area contributed by atoms with Crippen molar-refractivity contribution in [2.75, 3.05) is 42.7 Å². The predicted molar refractivity (Wildman–Crippen MR) is 88.7 cm³/mol. The SMILES string of the molecule is CN(C)c1nc(NCC(F)F)c2ncnc(NCC(C)(C)O)c2n1. The Morgan fingerprint density at radius 1 is 1.12 bits per heavy atom. The van der Waals surface area contributed by atoms with Crippen molar-refractivity contribution in [3.05, 3.63) is 6.33 Å². The number of aliphatic hydroxyl groups is 1. The standard InChI is InChI=1S/C14H21F2N7O/c1-14(2,24)6-18-11-10-9(19-7-20-11)12(17-5-8(15)16)22-13(21-10)23(3)4/h7-8,24H,5-6H2,1-4H3,(H,17,21,22)(H,18,19,20). The lowest BCUT2D eigenvalue weighted by molar-refractivity contribution is 0.0944. The van der Waals surface area contributed by atoms with Gasteiger partial charge in [-0.25, -0.2) is 23.7 Å². The van der Waals surface area contributed by atoms with Crippen LogP contribution in [0.25, 0.3) is 11.0 Å². The number of nitrogens with zero attached hydrogens (tertiary/aromatic N) is 5. The lowest BCUT2D eigenvalue weighted by atomic mass is 10.1. The minimum atomic E-state index is -2.52. The Labute approximate surface area is 138 Å². The molecule has 0 aliphatic rings. The van der Waals surface area contributed by atoms with Crippen LogP contribution in [0.5, 0.6) is 0 Å². The van der Waals surface area contributed by atoms with E-state index in [-0.39, 0.29) is 12.4 Å². The van der Waals surface area contributed by atoms with E-state index in [2.05, 4.69) is 30.6 Å². The van der Waals surface area contributed by atoms with E-state index in [1.165, 1.54) is 6.33 Å². The Bertz CT molecular complexity index is 703. The highest BCUT2D eigenvalue weighted by Gasteiger charge is 2.18. The summed E-state index contributed by atoms with van der Waals surface area (Å²) in [6.45, 7) is 2.99. The highest BCUT2D eigenvalue weighted by Crippen LogP contribution is 2.25. The first kappa shape index (κ1) is 18.0. The molecule has 0 aliphatic carbocycles. The molecule has 8 nitrogen and oxygen atoms in total. The number of halogens is 2. The van der Waals surface area contributed by atoms with Crippen molar-refractivity contribution < 1.29 is 13.9 Å². The fourth-order valence-electron chi connectivity index (χ4n) is 1.86. The van der Waals surface area contributed by atoms with Gasteiger partial charge in [0.1, 0.15) is 17.4 Å². The maximum Gasteiger partial charge on any atom is 0.255 e. The van der Waals surface area contributed by atoms with Gasteiger partial charge in [-0.1, -0.05) is 0 Å². The van der Waals surface area contributed by atoms with Crippen molar-refractivity contribution in [2.45, 2.75) is 25.9 Å². The van der Waals surface area contributed by atoms with Crippen LogP contribution >= 0.6 is 0 Å². The van der Waals surface area contributed by atoms with Crippen LogP contribution in [0.15, 0.2) is 6.33 Å². The Morgan fingerprint density at radius 2 is 1.83 bits per heavy atom. The van der Waals surface area contributed by atoms with Gasteiger partial charge in [0.25, 0.3) is 6.43 Å². The van der Waals surface area contributed by atoms with Crippen LogP contribution in [-0.2, 0) is 0 Å². The predicted octanol–water partition coefficient (Wildman–Crippen LogP) is 1.35. The molecule has 0 saturated carbocycles. The van der Waals surface area contributed by atoms with E-state index in [1.807, 2.05) is 0 Å². The summed E-state index contributed by atoms with van der Waals surface area (Å²) in [5.74, 6) is 0.936. The van der Waals surface area contributed by atoms with Crippen LogP contribution in [0, 0.1) is 0 Å². The number of hydrogen-bond acceptors (Lipinski definition) is 8. The van der Waals surface area contributed by atoms with Gasteiger partial charge in [-0.05, 0) is 13.8 Å². The number of rotatable bonds is 7. The van der Waals surface area contributed by atoms with Crippen molar-refractivity contribution in [1.29, 1.82) is 0 Å². The van der Waals surface area contributed by atoms with E-state index >= 15 is 0 Å². The number of anilines is 3. The van der Waals surface area contributed by atoms with Crippen molar-refractivity contribution in [3.63, 3.8) is 0 Å². The molecule has 132 valence electrons. The zero-order chi connectivity index (χ0) is 17.9. The number of hydrogen-bond donors (Lipinski definition) is 3. The third-order valence-electron chi connectivity index (χ3n) is 2.98. The Kier molecular flexibility index (Phi) is 5.27. The molecule has 0 aromatic carbocycles. The van der Waals surface area contributed by atoms with Gasteiger partial charge >= 0.3 is 0 Å². The molecular formula is C14H21F2N7O. The molecule has 0 spiro atoms. The summed E-state index contributed by atoms with van der Waals surface area (Å²) < 4.78 is 25.0. The van der Waals surface area contributed by atoms with Crippen LogP contribution in [0.1, 0.15) is 13.8 Å². The number of nitrogens with one attached hydrogen (secondary N) is 2. The molecular weight excluding hydrogens is 320 g/mol. The Morgan fingerprint density at radius 3 is 2.42 bits per heavy atom. The largest absolute Gasteiger partial charge is 0.389 e. The van der Waals surface area contributed by atoms with Crippen molar-refractivity contribution in [2.24, 2.45) is 0 Å². The summed E-state index contributed by atoms with van der Waals surface area (Å²) in [5.41, 5.74) is -0.238. The second-order valence-electron chi connectivity index (χ2n) is 6.12. The second-order valence-corrected chi connectivity index (χ2v) is 6.12. The molecule has 0 atom stereocenters. The summed E-state index contributed by atoms with van der Waals surface area (Å²) in [5, 5.41) is 15.4. The third-order valence-corrected chi connectivity index (χ3v) is 2.98. The van der Waals surface area contributed by atoms with Gasteiger partial charge in [-0.2, -0.15) is 4.98 Å². The summed E-state index contributed by atoms with van der Waals surface area (Å²) >= 11 is 0. The topological polar surface area (TPSA) is 99.1 Å². The van der Waals surface area contributed by atoms with Gasteiger partial charge in [0, 0.05) is 20.6 Å². The Hall–Kier alpha value is -2.36. The smallest absolute Gasteiger partial charge is 0.255 e. The fourth-order valence-corrected chi connectivity index (χ4v) is 1.86. The molecule has 0 saturated heterocycles. The molecule has 2 rings (SSSR count). The van der Waals surface area contributed by atoms with Crippen LogP contribution in [0.4, 0.5) is 26.4 Å². The number of fused-ring (bicyclic) bond motifs is 1. The van der Waals surface area contributed by atoms with Gasteiger partial charge in [0.15, 0.2) is 11.6 Å². The van der Waals surface area contributed by atoms with Gasteiger partial charge in [0.2, 0.25) is 5.95 Å². The highest BCUT2D eigenvalue weighted by atomic mass is 19.3. The van der Waals surface area contributed by atoms with Crippen molar-refractivity contribution >= 4 is 28.6 Å². The summed E-state index contributed by atoms with van der Waals surface area (Å²) in [6.07, 6.45) is -1.23. The quantitative estimate of drug-likeness (QED) is 0.694. The van der Waals surface area contributed by atoms with E-state index < -0.39 is 18.6 Å². The summed E-state index contributed by atoms with van der Waals surface area (Å²) in [6, 6.07) is 0. The van der Waals surface area contributed by atoms with Crippen molar-refractivity contribution in [1.82, 2.24) is 19.9 Å². The van der Waals surface area contributed by atoms with Gasteiger partial charge < -0.3 is 20.6 Å². The average molecular weight is 341 g/mol. The van der Waals surface area contributed by atoms with Crippen LogP contribution in [0.2, 0.25) is 0 Å². The average Bonchev–Trinajstić information content (AvgIpc) is 2.49. The first-order valence-electron chi connectivity index (χ1n) is 7.36. The molecule has 0 fully saturated rings. The van der Waals surface area contributed by atoms with Gasteiger partial charge in [0.05, 0.1) is 12.1 Å². The molecule has 24 heavy (non-hydrogen) atoms. The van der Waals surface area contributed by atoms with E-state index in [0.29, 0.717) is 22.8 Å². The molecule has 3 N–H and O–H groups in total. The molecule has 0 amide bonds. The zero-order valence-corrected chi connectivity index (χ0v) is 14.0. The number of alkyl halides is 2. The highest BCUT2D eigenvalue weighted by molar-refractivity contribution is 5.93. The van der Waals surface area contributed by atoms with Crippen LogP contribution in [-0.4, -0.2) is 64.3 Å². The van der Waals surface area contributed by atoms with E-state index in [9.17, 15) is 13.9 Å². The maximum atomic E-state index is 12.5. The number of aromatic nitrogens is 4. The van der Waals surface area contributed by atoms with Crippen LogP contribution in [0.3, 0.4) is 0 Å². The minimum Gasteiger partial charge on any atom is -0.389 e. The van der Waals surface area contributed by atoms with Crippen LogP contribution < -0.4 is 15.5 Å². The fraction of sp³-hybridized carbons (Fsp3) is 0.571. The van der Waals surface area contributed by atoms with Crippen molar-refractivity contribution in [3.8, 4) is 0 Å². The zero-order valence-electron chi connectivity index (χ0n) is 14.0. The van der Waals surface area contributed by atoms with E-state index in [1.54, 1.807) is 32.8 Å². The first-order valence-corrected chi connectivity index (χ1v) is 7.36. The molecule has 10 heteroatoms. The lowest BCUT2D eigenvalue weighted by Gasteiger charge is -2.19. The molecule has 2 aromatic heterocycles. The minimum absolute atomic E-state index is 0.206. The molecule has 0 unspecified atom stereocenters. The monoisotopic (exact) mass is 341 g/mol. The maximum absolute atomic E-state index is 12.5. The third kappa shape index (κ3) is 4.57. The molecule has 2 heterocycles. The first-order chi connectivity index (χ1) is 11.2. The molecule has 0 bridgehead atoms. The summed E-state index contributed by atoms with van der Waals surface area (Å²) in [4.78, 5) is 18.5.